The Hall–Kier alpha value is -2.27. The van der Waals surface area contributed by atoms with E-state index in [1.54, 1.807) is 36.0 Å². The van der Waals surface area contributed by atoms with Gasteiger partial charge in [-0.05, 0) is 42.8 Å². The van der Waals surface area contributed by atoms with Gasteiger partial charge in [0.15, 0.2) is 5.82 Å². The average Bonchev–Trinajstić information content (AvgIpc) is 2.96. The van der Waals surface area contributed by atoms with Crippen molar-refractivity contribution in [3.8, 4) is 17.2 Å². The first kappa shape index (κ1) is 13.7. The van der Waals surface area contributed by atoms with Crippen LogP contribution in [0.2, 0.25) is 0 Å². The zero-order chi connectivity index (χ0) is 14.7. The number of nitrogens with zero attached hydrogens (tertiary/aromatic N) is 2. The molecule has 0 radical (unpaired) electrons. The third kappa shape index (κ3) is 3.25. The molecule has 0 aliphatic rings. The van der Waals surface area contributed by atoms with Gasteiger partial charge < -0.3 is 9.63 Å². The van der Waals surface area contributed by atoms with Gasteiger partial charge in [-0.1, -0.05) is 23.4 Å². The molecule has 21 heavy (non-hydrogen) atoms. The van der Waals surface area contributed by atoms with E-state index in [4.69, 9.17) is 4.52 Å². The summed E-state index contributed by atoms with van der Waals surface area (Å²) in [5.41, 5.74) is 2.04. The zero-order valence-electron chi connectivity index (χ0n) is 11.5. The predicted molar refractivity (Wildman–Crippen MR) is 82.1 cm³/mol. The number of aromatic nitrogens is 2. The minimum Gasteiger partial charge on any atom is -0.508 e. The lowest BCUT2D eigenvalue weighted by molar-refractivity contribution is 0.425. The van der Waals surface area contributed by atoms with Gasteiger partial charge in [0, 0.05) is 10.5 Å². The van der Waals surface area contributed by atoms with Gasteiger partial charge in [0.05, 0.1) is 5.75 Å². The Morgan fingerprint density at radius 1 is 1.10 bits per heavy atom. The molecule has 0 atom stereocenters. The second kappa shape index (κ2) is 6.01. The molecule has 0 fully saturated rings. The number of aromatic hydroxyl groups is 1. The van der Waals surface area contributed by atoms with Gasteiger partial charge in [-0.15, -0.1) is 11.8 Å². The van der Waals surface area contributed by atoms with Crippen molar-refractivity contribution in [3.05, 3.63) is 59.9 Å². The number of hydrogen-bond donors (Lipinski definition) is 1. The Labute approximate surface area is 126 Å². The number of hydrogen-bond acceptors (Lipinski definition) is 5. The van der Waals surface area contributed by atoms with E-state index >= 15 is 0 Å². The summed E-state index contributed by atoms with van der Waals surface area (Å²) in [6, 6.07) is 14.9. The van der Waals surface area contributed by atoms with Gasteiger partial charge in [0.2, 0.25) is 0 Å². The Kier molecular flexibility index (Phi) is 3.92. The number of thioether (sulfide) groups is 1. The SMILES string of the molecule is Cc1ccccc1SCc1noc(-c2ccc(O)cc2)n1. The maximum atomic E-state index is 9.28. The van der Waals surface area contributed by atoms with Crippen molar-refractivity contribution in [2.75, 3.05) is 0 Å². The largest absolute Gasteiger partial charge is 0.508 e. The highest BCUT2D eigenvalue weighted by molar-refractivity contribution is 7.98. The Morgan fingerprint density at radius 2 is 1.86 bits per heavy atom. The smallest absolute Gasteiger partial charge is 0.257 e. The lowest BCUT2D eigenvalue weighted by Gasteiger charge is -2.01. The first-order valence-electron chi connectivity index (χ1n) is 6.53. The summed E-state index contributed by atoms with van der Waals surface area (Å²) in [6.07, 6.45) is 0. The summed E-state index contributed by atoms with van der Waals surface area (Å²) >= 11 is 1.69. The molecule has 3 rings (SSSR count). The van der Waals surface area contributed by atoms with Gasteiger partial charge in [-0.25, -0.2) is 0 Å². The highest BCUT2D eigenvalue weighted by Crippen LogP contribution is 2.26. The van der Waals surface area contributed by atoms with E-state index in [2.05, 4.69) is 29.2 Å². The molecule has 1 heterocycles. The van der Waals surface area contributed by atoms with Gasteiger partial charge in [0.25, 0.3) is 5.89 Å². The molecule has 106 valence electrons. The van der Waals surface area contributed by atoms with E-state index in [0.29, 0.717) is 17.5 Å². The van der Waals surface area contributed by atoms with Gasteiger partial charge in [0.1, 0.15) is 5.75 Å². The fourth-order valence-electron chi connectivity index (χ4n) is 1.89. The molecule has 0 aliphatic carbocycles. The Morgan fingerprint density at radius 3 is 2.62 bits per heavy atom. The van der Waals surface area contributed by atoms with Crippen LogP contribution >= 0.6 is 11.8 Å². The summed E-state index contributed by atoms with van der Waals surface area (Å²) in [6.45, 7) is 2.08. The molecule has 0 unspecified atom stereocenters. The van der Waals surface area contributed by atoms with Crippen molar-refractivity contribution < 1.29 is 9.63 Å². The summed E-state index contributed by atoms with van der Waals surface area (Å²) in [7, 11) is 0. The van der Waals surface area contributed by atoms with Crippen LogP contribution in [0.4, 0.5) is 0 Å². The molecular weight excluding hydrogens is 284 g/mol. The van der Waals surface area contributed by atoms with Crippen LogP contribution in [0.1, 0.15) is 11.4 Å². The van der Waals surface area contributed by atoms with Crippen molar-refractivity contribution in [1.29, 1.82) is 0 Å². The molecule has 5 heteroatoms. The summed E-state index contributed by atoms with van der Waals surface area (Å²) in [4.78, 5) is 5.59. The highest BCUT2D eigenvalue weighted by atomic mass is 32.2. The van der Waals surface area contributed by atoms with E-state index in [-0.39, 0.29) is 5.75 Å². The van der Waals surface area contributed by atoms with Gasteiger partial charge >= 0.3 is 0 Å². The molecule has 0 bridgehead atoms. The van der Waals surface area contributed by atoms with Crippen molar-refractivity contribution in [2.45, 2.75) is 17.6 Å². The van der Waals surface area contributed by atoms with E-state index in [1.807, 2.05) is 12.1 Å². The fraction of sp³-hybridized carbons (Fsp3) is 0.125. The topological polar surface area (TPSA) is 59.2 Å². The molecule has 4 nitrogen and oxygen atoms in total. The molecule has 0 saturated carbocycles. The van der Waals surface area contributed by atoms with Crippen LogP contribution < -0.4 is 0 Å². The maximum Gasteiger partial charge on any atom is 0.257 e. The quantitative estimate of drug-likeness (QED) is 0.736. The predicted octanol–water partition coefficient (Wildman–Crippen LogP) is 4.04. The number of phenolic OH excluding ortho intramolecular Hbond substituents is 1. The van der Waals surface area contributed by atoms with Crippen LogP contribution in [0.15, 0.2) is 57.9 Å². The second-order valence-corrected chi connectivity index (χ2v) is 5.63. The Balaban J connectivity index is 1.71. The summed E-state index contributed by atoms with van der Waals surface area (Å²) < 4.78 is 5.25. The molecular formula is C16H14N2O2S. The van der Waals surface area contributed by atoms with E-state index in [1.165, 1.54) is 10.5 Å². The molecule has 1 N–H and O–H groups in total. The van der Waals surface area contributed by atoms with Crippen LogP contribution in [0, 0.1) is 6.92 Å². The lowest BCUT2D eigenvalue weighted by atomic mass is 10.2. The van der Waals surface area contributed by atoms with Crippen molar-refractivity contribution in [3.63, 3.8) is 0 Å². The van der Waals surface area contributed by atoms with Gasteiger partial charge in [-0.2, -0.15) is 4.98 Å². The van der Waals surface area contributed by atoms with Crippen molar-refractivity contribution in [1.82, 2.24) is 10.1 Å². The minimum atomic E-state index is 0.216. The summed E-state index contributed by atoms with van der Waals surface area (Å²) in [5, 5.41) is 13.3. The van der Waals surface area contributed by atoms with Crippen molar-refractivity contribution >= 4 is 11.8 Å². The van der Waals surface area contributed by atoms with Crippen LogP contribution in [0.3, 0.4) is 0 Å². The third-order valence-corrected chi connectivity index (χ3v) is 4.20. The van der Waals surface area contributed by atoms with Crippen LogP contribution in [0.25, 0.3) is 11.5 Å². The lowest BCUT2D eigenvalue weighted by Crippen LogP contribution is -1.85. The average molecular weight is 298 g/mol. The number of rotatable bonds is 4. The van der Waals surface area contributed by atoms with Crippen LogP contribution in [0.5, 0.6) is 5.75 Å². The molecule has 3 aromatic rings. The second-order valence-electron chi connectivity index (χ2n) is 4.62. The highest BCUT2D eigenvalue weighted by Gasteiger charge is 2.09. The number of benzene rings is 2. The van der Waals surface area contributed by atoms with Crippen LogP contribution in [-0.4, -0.2) is 15.2 Å². The van der Waals surface area contributed by atoms with Crippen LogP contribution in [-0.2, 0) is 5.75 Å². The molecule has 0 saturated heterocycles. The van der Waals surface area contributed by atoms with E-state index in [0.717, 1.165) is 5.56 Å². The van der Waals surface area contributed by atoms with Crippen molar-refractivity contribution in [2.24, 2.45) is 0 Å². The van der Waals surface area contributed by atoms with E-state index in [9.17, 15) is 5.11 Å². The number of aryl methyl sites for hydroxylation is 1. The first-order chi connectivity index (χ1) is 10.2. The molecule has 0 aliphatic heterocycles. The summed E-state index contributed by atoms with van der Waals surface area (Å²) in [5.74, 6) is 2.00. The number of phenols is 1. The third-order valence-electron chi connectivity index (χ3n) is 3.03. The molecule has 0 spiro atoms. The normalized spacial score (nSPS) is 10.7. The minimum absolute atomic E-state index is 0.216. The molecule has 2 aromatic carbocycles. The van der Waals surface area contributed by atoms with Gasteiger partial charge in [-0.3, -0.25) is 0 Å². The zero-order valence-corrected chi connectivity index (χ0v) is 12.3. The molecule has 0 amide bonds. The Bertz CT molecular complexity index is 738. The monoisotopic (exact) mass is 298 g/mol. The van der Waals surface area contributed by atoms with E-state index < -0.39 is 0 Å². The standard InChI is InChI=1S/C16H14N2O2S/c1-11-4-2-3-5-14(11)21-10-15-17-16(20-18-15)12-6-8-13(19)9-7-12/h2-9,19H,10H2,1H3. The first-order valence-corrected chi connectivity index (χ1v) is 7.51. The maximum absolute atomic E-state index is 9.28. The molecule has 1 aromatic heterocycles. The fourth-order valence-corrected chi connectivity index (χ4v) is 2.77.